The van der Waals surface area contributed by atoms with Crippen LogP contribution in [0.25, 0.3) is 6.08 Å². The fourth-order valence-electron chi connectivity index (χ4n) is 4.06. The first-order valence-electron chi connectivity index (χ1n) is 8.73. The summed E-state index contributed by atoms with van der Waals surface area (Å²) in [5, 5.41) is 10.6. The normalized spacial score (nSPS) is 27.6. The molecule has 1 N–H and O–H groups in total. The van der Waals surface area contributed by atoms with Gasteiger partial charge in [-0.2, -0.15) is 0 Å². The minimum Gasteiger partial charge on any atom is -0.450 e. The first-order chi connectivity index (χ1) is 12.0. The van der Waals surface area contributed by atoms with Gasteiger partial charge in [-0.3, -0.25) is 4.79 Å². The molecule has 2 aliphatic carbocycles. The van der Waals surface area contributed by atoms with Crippen molar-refractivity contribution >= 4 is 11.9 Å². The highest BCUT2D eigenvalue weighted by Gasteiger charge is 2.45. The van der Waals surface area contributed by atoms with E-state index in [0.717, 1.165) is 47.1 Å². The largest absolute Gasteiger partial charge is 0.450 e. The molecule has 0 spiro atoms. The van der Waals surface area contributed by atoms with E-state index in [1.54, 1.807) is 0 Å². The summed E-state index contributed by atoms with van der Waals surface area (Å²) in [5.41, 5.74) is 4.27. The zero-order valence-electron chi connectivity index (χ0n) is 15.1. The summed E-state index contributed by atoms with van der Waals surface area (Å²) < 4.78 is 4.75. The van der Waals surface area contributed by atoms with Crippen molar-refractivity contribution in [3.05, 3.63) is 52.1 Å². The Balaban J connectivity index is 1.94. The van der Waals surface area contributed by atoms with Crippen LogP contribution in [0, 0.1) is 17.4 Å². The molecular weight excluding hydrogens is 312 g/mol. The number of fused-ring (bicyclic) bond motifs is 1. The Labute approximate surface area is 149 Å². The molecule has 1 aromatic rings. The van der Waals surface area contributed by atoms with Crippen LogP contribution < -0.4 is 0 Å². The minimum absolute atomic E-state index is 0.116. The second-order valence-electron chi connectivity index (χ2n) is 7.16. The summed E-state index contributed by atoms with van der Waals surface area (Å²) in [6.45, 7) is 4.00. The Morgan fingerprint density at radius 2 is 2.04 bits per heavy atom. The Morgan fingerprint density at radius 1 is 1.32 bits per heavy atom. The number of aliphatic hydroxyl groups excluding tert-OH is 1. The van der Waals surface area contributed by atoms with Gasteiger partial charge in [-0.05, 0) is 67.9 Å². The molecule has 130 valence electrons. The van der Waals surface area contributed by atoms with Crippen LogP contribution in [0.15, 0.2) is 41.0 Å². The van der Waals surface area contributed by atoms with Gasteiger partial charge in [0.1, 0.15) is 6.11 Å². The molecule has 2 aliphatic rings. The highest BCUT2D eigenvalue weighted by Crippen LogP contribution is 2.50. The van der Waals surface area contributed by atoms with Crippen LogP contribution in [-0.4, -0.2) is 24.1 Å². The molecule has 25 heavy (non-hydrogen) atoms. The van der Waals surface area contributed by atoms with E-state index in [0.29, 0.717) is 6.42 Å². The van der Waals surface area contributed by atoms with E-state index in [1.165, 1.54) is 7.11 Å². The van der Waals surface area contributed by atoms with Gasteiger partial charge in [0.05, 0.1) is 13.2 Å². The molecule has 0 aromatic heterocycles. The highest BCUT2D eigenvalue weighted by molar-refractivity contribution is 6.12. The Kier molecular flexibility index (Phi) is 4.83. The molecular formula is C22H24O3. The lowest BCUT2D eigenvalue weighted by Crippen LogP contribution is -2.42. The van der Waals surface area contributed by atoms with Crippen molar-refractivity contribution in [3.8, 4) is 12.0 Å². The monoisotopic (exact) mass is 336 g/mol. The van der Waals surface area contributed by atoms with E-state index in [1.807, 2.05) is 37.3 Å². The molecule has 3 heteroatoms. The van der Waals surface area contributed by atoms with Gasteiger partial charge in [0, 0.05) is 16.6 Å². The van der Waals surface area contributed by atoms with E-state index in [4.69, 9.17) is 4.74 Å². The number of ether oxygens (including phenoxy) is 1. The molecule has 0 bridgehead atoms. The smallest absolute Gasteiger partial charge is 0.184 e. The number of ketones is 1. The molecule has 0 unspecified atom stereocenters. The standard InChI is InChI=1S/C22H24O3/c1-15-19-5-4-6-20(23)22(19,2)14-18(21(15)24)13-17-9-7-16(8-10-17)11-12-25-3/h7-10,13,20,23H,4-6,14H2,1-3H3/b18-13+/t20-,22-/m0/s1. The lowest BCUT2D eigenvalue weighted by Gasteiger charge is -2.45. The summed E-state index contributed by atoms with van der Waals surface area (Å²) >= 11 is 0. The third-order valence-electron chi connectivity index (χ3n) is 5.52. The summed E-state index contributed by atoms with van der Waals surface area (Å²) in [4.78, 5) is 12.8. The van der Waals surface area contributed by atoms with Gasteiger partial charge >= 0.3 is 0 Å². The van der Waals surface area contributed by atoms with Crippen molar-refractivity contribution in [2.24, 2.45) is 5.41 Å². The van der Waals surface area contributed by atoms with Crippen LogP contribution in [0.4, 0.5) is 0 Å². The van der Waals surface area contributed by atoms with Crippen LogP contribution in [0.1, 0.15) is 50.7 Å². The molecule has 3 rings (SSSR count). The third-order valence-corrected chi connectivity index (χ3v) is 5.52. The zero-order valence-corrected chi connectivity index (χ0v) is 15.1. The van der Waals surface area contributed by atoms with Crippen LogP contribution in [0.5, 0.6) is 0 Å². The molecule has 0 radical (unpaired) electrons. The molecule has 1 aromatic carbocycles. The van der Waals surface area contributed by atoms with Crippen molar-refractivity contribution in [1.82, 2.24) is 0 Å². The first-order valence-corrected chi connectivity index (χ1v) is 8.73. The number of hydrogen-bond donors (Lipinski definition) is 1. The van der Waals surface area contributed by atoms with Crippen molar-refractivity contribution < 1.29 is 14.6 Å². The van der Waals surface area contributed by atoms with Gasteiger partial charge < -0.3 is 9.84 Å². The van der Waals surface area contributed by atoms with Gasteiger partial charge in [0.2, 0.25) is 0 Å². The summed E-state index contributed by atoms with van der Waals surface area (Å²) in [5.74, 6) is 3.01. The number of carbonyl (C=O) groups is 1. The zero-order chi connectivity index (χ0) is 18.0. The van der Waals surface area contributed by atoms with E-state index in [-0.39, 0.29) is 17.3 Å². The SMILES string of the molecule is COC#Cc1ccc(/C=C2\C[C@@]3(C)C(=C(C)C2=O)CCC[C@@H]3O)cc1. The number of methoxy groups -OCH3 is 1. The van der Waals surface area contributed by atoms with Crippen LogP contribution in [0.3, 0.4) is 0 Å². The van der Waals surface area contributed by atoms with Crippen LogP contribution in [0.2, 0.25) is 0 Å². The minimum atomic E-state index is -0.380. The lowest BCUT2D eigenvalue weighted by atomic mass is 9.61. The van der Waals surface area contributed by atoms with Gasteiger partial charge in [-0.1, -0.05) is 24.6 Å². The molecule has 0 heterocycles. The van der Waals surface area contributed by atoms with Crippen LogP contribution >= 0.6 is 0 Å². The number of rotatable bonds is 1. The third kappa shape index (κ3) is 3.27. The van der Waals surface area contributed by atoms with Crippen molar-refractivity contribution in [3.63, 3.8) is 0 Å². The Bertz CT molecular complexity index is 802. The Hall–Kier alpha value is -2.31. The maximum Gasteiger partial charge on any atom is 0.184 e. The topological polar surface area (TPSA) is 46.5 Å². The summed E-state index contributed by atoms with van der Waals surface area (Å²) in [7, 11) is 1.53. The molecule has 1 saturated carbocycles. The van der Waals surface area contributed by atoms with Crippen LogP contribution in [-0.2, 0) is 9.53 Å². The molecule has 0 saturated heterocycles. The number of benzene rings is 1. The molecule has 0 aliphatic heterocycles. The Morgan fingerprint density at radius 3 is 2.72 bits per heavy atom. The number of carbonyl (C=O) groups excluding carboxylic acids is 1. The summed E-state index contributed by atoms with van der Waals surface area (Å²) in [6, 6.07) is 7.73. The predicted octanol–water partition coefficient (Wildman–Crippen LogP) is 3.87. The average molecular weight is 336 g/mol. The van der Waals surface area contributed by atoms with Crippen molar-refractivity contribution in [2.45, 2.75) is 45.6 Å². The number of Topliss-reactive ketones (excluding diaryl/α,β-unsaturated/α-hetero) is 1. The quantitative estimate of drug-likeness (QED) is 0.625. The average Bonchev–Trinajstić information content (AvgIpc) is 2.61. The van der Waals surface area contributed by atoms with E-state index < -0.39 is 0 Å². The molecule has 3 nitrogen and oxygen atoms in total. The van der Waals surface area contributed by atoms with Crippen molar-refractivity contribution in [2.75, 3.05) is 7.11 Å². The lowest BCUT2D eigenvalue weighted by molar-refractivity contribution is -0.113. The van der Waals surface area contributed by atoms with Gasteiger partial charge in [0.25, 0.3) is 0 Å². The summed E-state index contributed by atoms with van der Waals surface area (Å²) in [6.07, 6.45) is 7.42. The maximum absolute atomic E-state index is 12.8. The van der Waals surface area contributed by atoms with E-state index in [2.05, 4.69) is 19.0 Å². The predicted molar refractivity (Wildman–Crippen MR) is 98.6 cm³/mol. The molecule has 2 atom stereocenters. The number of hydrogen-bond acceptors (Lipinski definition) is 3. The second kappa shape index (κ2) is 6.90. The van der Waals surface area contributed by atoms with E-state index >= 15 is 0 Å². The van der Waals surface area contributed by atoms with Gasteiger partial charge in [-0.25, -0.2) is 0 Å². The fraction of sp³-hybridized carbons (Fsp3) is 0.409. The number of allylic oxidation sites excluding steroid dienone is 2. The molecule has 1 fully saturated rings. The van der Waals surface area contributed by atoms with Crippen molar-refractivity contribution in [1.29, 1.82) is 0 Å². The second-order valence-corrected chi connectivity index (χ2v) is 7.16. The highest BCUT2D eigenvalue weighted by atomic mass is 16.5. The first kappa shape index (κ1) is 17.5. The molecule has 0 amide bonds. The van der Waals surface area contributed by atoms with Gasteiger partial charge in [0.15, 0.2) is 5.78 Å². The maximum atomic E-state index is 12.8. The van der Waals surface area contributed by atoms with E-state index in [9.17, 15) is 9.90 Å². The van der Waals surface area contributed by atoms with Gasteiger partial charge in [-0.15, -0.1) is 0 Å². The fourth-order valence-corrected chi connectivity index (χ4v) is 4.06. The number of aliphatic hydroxyl groups is 1.